The van der Waals surface area contributed by atoms with Crippen LogP contribution in [-0.2, 0) is 0 Å². The van der Waals surface area contributed by atoms with Crippen molar-refractivity contribution in [3.8, 4) is 5.75 Å². The van der Waals surface area contributed by atoms with Gasteiger partial charge in [0, 0.05) is 22.2 Å². The van der Waals surface area contributed by atoms with Crippen LogP contribution in [0.25, 0.3) is 21.8 Å². The van der Waals surface area contributed by atoms with E-state index in [1.54, 1.807) is 7.11 Å². The van der Waals surface area contributed by atoms with Gasteiger partial charge in [0.15, 0.2) is 0 Å². The predicted octanol–water partition coefficient (Wildman–Crippen LogP) is 3.65. The van der Waals surface area contributed by atoms with Crippen molar-refractivity contribution in [2.24, 2.45) is 0 Å². The van der Waals surface area contributed by atoms with Crippen molar-refractivity contribution in [3.05, 3.63) is 35.2 Å². The van der Waals surface area contributed by atoms with E-state index in [2.05, 4.69) is 35.9 Å². The normalized spacial score (nSPS) is 11.3. The van der Waals surface area contributed by atoms with Crippen LogP contribution in [0.3, 0.4) is 0 Å². The Morgan fingerprint density at radius 3 is 2.61 bits per heavy atom. The van der Waals surface area contributed by atoms with Crippen LogP contribution < -0.4 is 4.74 Å². The van der Waals surface area contributed by atoms with Gasteiger partial charge in [-0.15, -0.1) is 0 Å². The number of hydrogen-bond acceptors (Lipinski definition) is 2. The molecule has 0 saturated carbocycles. The first-order valence-electron chi connectivity index (χ1n) is 6.04. The third kappa shape index (κ3) is 1.47. The summed E-state index contributed by atoms with van der Waals surface area (Å²) in [4.78, 5) is 8.02. The SMILES string of the molecule is COc1cc2cc(C)nc2c2c(C)cc(C)[nH]c12. The number of aromatic nitrogens is 2. The van der Waals surface area contributed by atoms with Crippen LogP contribution in [-0.4, -0.2) is 17.1 Å². The lowest BCUT2D eigenvalue weighted by atomic mass is 10.1. The summed E-state index contributed by atoms with van der Waals surface area (Å²) in [7, 11) is 1.70. The molecule has 0 radical (unpaired) electrons. The van der Waals surface area contributed by atoms with Crippen LogP contribution in [0.4, 0.5) is 0 Å². The fourth-order valence-corrected chi connectivity index (χ4v) is 2.63. The molecule has 3 heteroatoms. The Bertz CT molecular complexity index is 756. The van der Waals surface area contributed by atoms with E-state index in [0.717, 1.165) is 38.9 Å². The molecule has 3 nitrogen and oxygen atoms in total. The van der Waals surface area contributed by atoms with Gasteiger partial charge in [-0.1, -0.05) is 0 Å². The molecule has 18 heavy (non-hydrogen) atoms. The summed E-state index contributed by atoms with van der Waals surface area (Å²) >= 11 is 0. The molecule has 0 amide bonds. The molecule has 0 atom stereocenters. The third-order valence-corrected chi connectivity index (χ3v) is 3.32. The second kappa shape index (κ2) is 3.73. The zero-order valence-electron chi connectivity index (χ0n) is 11.1. The number of H-pyrrole nitrogens is 1. The summed E-state index contributed by atoms with van der Waals surface area (Å²) in [5, 5.41) is 2.29. The van der Waals surface area contributed by atoms with Crippen molar-refractivity contribution in [2.75, 3.05) is 7.11 Å². The third-order valence-electron chi connectivity index (χ3n) is 3.32. The van der Waals surface area contributed by atoms with Gasteiger partial charge < -0.3 is 9.72 Å². The van der Waals surface area contributed by atoms with E-state index < -0.39 is 0 Å². The monoisotopic (exact) mass is 240 g/mol. The van der Waals surface area contributed by atoms with Gasteiger partial charge in [0.1, 0.15) is 5.75 Å². The number of ether oxygens (including phenoxy) is 1. The van der Waals surface area contributed by atoms with Crippen molar-refractivity contribution in [1.82, 2.24) is 9.97 Å². The second-order valence-corrected chi connectivity index (χ2v) is 4.80. The first kappa shape index (κ1) is 11.1. The van der Waals surface area contributed by atoms with Crippen molar-refractivity contribution >= 4 is 21.8 Å². The highest BCUT2D eigenvalue weighted by atomic mass is 16.5. The number of methoxy groups -OCH3 is 1. The number of benzene rings is 1. The number of nitrogens with zero attached hydrogens (tertiary/aromatic N) is 1. The average Bonchev–Trinajstić information content (AvgIpc) is 2.67. The van der Waals surface area contributed by atoms with Crippen molar-refractivity contribution in [1.29, 1.82) is 0 Å². The van der Waals surface area contributed by atoms with Crippen LogP contribution in [0, 0.1) is 20.8 Å². The van der Waals surface area contributed by atoms with Gasteiger partial charge in [0.25, 0.3) is 0 Å². The molecule has 0 saturated heterocycles. The predicted molar refractivity (Wildman–Crippen MR) is 74.4 cm³/mol. The Kier molecular flexibility index (Phi) is 2.30. The molecule has 0 fully saturated rings. The molecule has 0 aliphatic carbocycles. The van der Waals surface area contributed by atoms with Gasteiger partial charge in [-0.2, -0.15) is 0 Å². The molecule has 2 aromatic heterocycles. The lowest BCUT2D eigenvalue weighted by molar-refractivity contribution is 0.419. The number of aromatic amines is 1. The van der Waals surface area contributed by atoms with Gasteiger partial charge in [0.05, 0.1) is 18.1 Å². The molecule has 1 aromatic carbocycles. The number of nitrogens with one attached hydrogen (secondary N) is 1. The maximum absolute atomic E-state index is 5.50. The highest BCUT2D eigenvalue weighted by Gasteiger charge is 2.12. The van der Waals surface area contributed by atoms with Gasteiger partial charge in [-0.05, 0) is 44.5 Å². The zero-order valence-corrected chi connectivity index (χ0v) is 11.1. The van der Waals surface area contributed by atoms with Crippen LogP contribution in [0.15, 0.2) is 18.2 Å². The van der Waals surface area contributed by atoms with Gasteiger partial charge in [0.2, 0.25) is 0 Å². The molecule has 2 heterocycles. The molecule has 0 aliphatic rings. The minimum atomic E-state index is 0.872. The minimum absolute atomic E-state index is 0.872. The standard InChI is InChI=1S/C15H16N2O/c1-8-5-9(2)17-15-12(18-4)7-11-6-10(3)16-14(11)13(8)15/h5-7,17H,1-4H3. The Hall–Kier alpha value is -2.03. The van der Waals surface area contributed by atoms with Crippen LogP contribution in [0.2, 0.25) is 0 Å². The molecule has 0 unspecified atom stereocenters. The van der Waals surface area contributed by atoms with Crippen LogP contribution in [0.5, 0.6) is 5.75 Å². The molecule has 3 aromatic rings. The summed E-state index contributed by atoms with van der Waals surface area (Å²) in [5.41, 5.74) is 5.47. The molecule has 0 bridgehead atoms. The van der Waals surface area contributed by atoms with Crippen LogP contribution >= 0.6 is 0 Å². The fraction of sp³-hybridized carbons (Fsp3) is 0.267. The molecular weight excluding hydrogens is 224 g/mol. The molecule has 0 aliphatic heterocycles. The largest absolute Gasteiger partial charge is 0.495 e. The first-order chi connectivity index (χ1) is 8.60. The Labute approximate surface area is 106 Å². The molecule has 0 spiro atoms. The van der Waals surface area contributed by atoms with Crippen LogP contribution in [0.1, 0.15) is 17.0 Å². The number of hydrogen-bond donors (Lipinski definition) is 1. The molecule has 3 rings (SSSR count). The minimum Gasteiger partial charge on any atom is -0.495 e. The second-order valence-electron chi connectivity index (χ2n) is 4.80. The lowest BCUT2D eigenvalue weighted by Gasteiger charge is -2.10. The van der Waals surface area contributed by atoms with E-state index in [-0.39, 0.29) is 0 Å². The summed E-state index contributed by atoms with van der Waals surface area (Å²) in [6, 6.07) is 6.29. The Balaban J connectivity index is 2.60. The van der Waals surface area contributed by atoms with Crippen molar-refractivity contribution < 1.29 is 4.74 Å². The lowest BCUT2D eigenvalue weighted by Crippen LogP contribution is -1.93. The Morgan fingerprint density at radius 1 is 1.11 bits per heavy atom. The summed E-state index contributed by atoms with van der Waals surface area (Å²) < 4.78 is 5.50. The van der Waals surface area contributed by atoms with Crippen molar-refractivity contribution in [3.63, 3.8) is 0 Å². The zero-order chi connectivity index (χ0) is 12.9. The summed E-state index contributed by atoms with van der Waals surface area (Å²) in [6.07, 6.45) is 0. The summed E-state index contributed by atoms with van der Waals surface area (Å²) in [6.45, 7) is 6.19. The molecule has 92 valence electrons. The number of fused-ring (bicyclic) bond motifs is 3. The number of rotatable bonds is 1. The number of pyridine rings is 1. The van der Waals surface area contributed by atoms with E-state index in [1.165, 1.54) is 5.56 Å². The first-order valence-corrected chi connectivity index (χ1v) is 6.04. The van der Waals surface area contributed by atoms with Gasteiger partial charge >= 0.3 is 0 Å². The molecular formula is C15H16N2O. The topological polar surface area (TPSA) is 37.9 Å². The fourth-order valence-electron chi connectivity index (χ4n) is 2.63. The number of aryl methyl sites for hydroxylation is 3. The summed E-state index contributed by atoms with van der Waals surface area (Å²) in [5.74, 6) is 0.872. The maximum Gasteiger partial charge on any atom is 0.143 e. The van der Waals surface area contributed by atoms with E-state index in [9.17, 15) is 0 Å². The highest BCUT2D eigenvalue weighted by Crippen LogP contribution is 2.34. The van der Waals surface area contributed by atoms with Crippen molar-refractivity contribution in [2.45, 2.75) is 20.8 Å². The van der Waals surface area contributed by atoms with Gasteiger partial charge in [-0.3, -0.25) is 4.98 Å². The van der Waals surface area contributed by atoms with E-state index in [0.29, 0.717) is 0 Å². The average molecular weight is 240 g/mol. The highest BCUT2D eigenvalue weighted by molar-refractivity contribution is 6.08. The molecule has 1 N–H and O–H groups in total. The van der Waals surface area contributed by atoms with Gasteiger partial charge in [-0.25, -0.2) is 0 Å². The van der Waals surface area contributed by atoms with E-state index in [4.69, 9.17) is 4.74 Å². The van der Waals surface area contributed by atoms with E-state index >= 15 is 0 Å². The quantitative estimate of drug-likeness (QED) is 0.705. The van der Waals surface area contributed by atoms with E-state index in [1.807, 2.05) is 13.0 Å². The smallest absolute Gasteiger partial charge is 0.143 e. The maximum atomic E-state index is 5.50. The Morgan fingerprint density at radius 2 is 1.89 bits per heavy atom.